The molecule has 1 unspecified atom stereocenters. The van der Waals surface area contributed by atoms with Crippen molar-refractivity contribution in [3.05, 3.63) is 64.9 Å². The van der Waals surface area contributed by atoms with Gasteiger partial charge in [-0.2, -0.15) is 0 Å². The SMILES string of the molecule is CN(C=O)CCc1ccccn1.O=C(NCc1ccc(Cl)cc1)C(O)CO. The Balaban J connectivity index is 0.000000277. The number of hydrogen-bond donors (Lipinski definition) is 3. The van der Waals surface area contributed by atoms with E-state index < -0.39 is 18.6 Å². The van der Waals surface area contributed by atoms with Gasteiger partial charge in [0.2, 0.25) is 6.41 Å². The molecule has 0 aliphatic carbocycles. The molecule has 2 aromatic rings. The highest BCUT2D eigenvalue weighted by molar-refractivity contribution is 6.30. The third-order valence-corrected chi connectivity index (χ3v) is 3.73. The summed E-state index contributed by atoms with van der Waals surface area (Å²) in [6.45, 7) is 0.444. The molecule has 0 aliphatic rings. The molecule has 0 spiro atoms. The molecule has 27 heavy (non-hydrogen) atoms. The predicted octanol–water partition coefficient (Wildman–Crippen LogP) is 1.02. The van der Waals surface area contributed by atoms with Gasteiger partial charge < -0.3 is 20.4 Å². The van der Waals surface area contributed by atoms with Crippen molar-refractivity contribution in [2.45, 2.75) is 19.1 Å². The quantitative estimate of drug-likeness (QED) is 0.581. The number of pyridine rings is 1. The van der Waals surface area contributed by atoms with Crippen molar-refractivity contribution in [1.29, 1.82) is 0 Å². The van der Waals surface area contributed by atoms with Crippen molar-refractivity contribution < 1.29 is 19.8 Å². The highest BCUT2D eigenvalue weighted by atomic mass is 35.5. The average molecular weight is 394 g/mol. The Bertz CT molecular complexity index is 683. The summed E-state index contributed by atoms with van der Waals surface area (Å²) in [7, 11) is 1.76. The summed E-state index contributed by atoms with van der Waals surface area (Å²) in [5.74, 6) is -0.590. The van der Waals surface area contributed by atoms with E-state index in [1.165, 1.54) is 0 Å². The molecule has 0 saturated carbocycles. The second-order valence-corrected chi connectivity index (χ2v) is 6.14. The van der Waals surface area contributed by atoms with E-state index in [0.29, 0.717) is 11.6 Å². The number of nitrogens with zero attached hydrogens (tertiary/aromatic N) is 2. The van der Waals surface area contributed by atoms with Crippen molar-refractivity contribution in [2.75, 3.05) is 20.2 Å². The molecule has 0 saturated heterocycles. The first-order valence-electron chi connectivity index (χ1n) is 8.32. The highest BCUT2D eigenvalue weighted by Crippen LogP contribution is 2.09. The fraction of sp³-hybridized carbons (Fsp3) is 0.316. The molecular formula is C19H24ClN3O4. The van der Waals surface area contributed by atoms with Gasteiger partial charge in [0, 0.05) is 43.5 Å². The lowest BCUT2D eigenvalue weighted by molar-refractivity contribution is -0.131. The van der Waals surface area contributed by atoms with Gasteiger partial charge in [-0.05, 0) is 29.8 Å². The van der Waals surface area contributed by atoms with E-state index in [1.54, 1.807) is 42.4 Å². The number of rotatable bonds is 8. The van der Waals surface area contributed by atoms with E-state index in [-0.39, 0.29) is 0 Å². The van der Waals surface area contributed by atoms with Gasteiger partial charge in [-0.15, -0.1) is 0 Å². The van der Waals surface area contributed by atoms with Gasteiger partial charge in [-0.25, -0.2) is 0 Å². The van der Waals surface area contributed by atoms with E-state index in [2.05, 4.69) is 10.3 Å². The number of benzene rings is 1. The number of carbonyl (C=O) groups is 2. The first-order chi connectivity index (χ1) is 13.0. The molecular weight excluding hydrogens is 370 g/mol. The number of aliphatic hydroxyl groups excluding tert-OH is 2. The molecule has 1 aromatic carbocycles. The Hall–Kier alpha value is -2.48. The van der Waals surface area contributed by atoms with Gasteiger partial charge in [-0.3, -0.25) is 14.6 Å². The minimum Gasteiger partial charge on any atom is -0.393 e. The van der Waals surface area contributed by atoms with E-state index >= 15 is 0 Å². The van der Waals surface area contributed by atoms with Crippen LogP contribution in [0.15, 0.2) is 48.7 Å². The molecule has 0 radical (unpaired) electrons. The largest absolute Gasteiger partial charge is 0.393 e. The van der Waals surface area contributed by atoms with E-state index in [1.807, 2.05) is 18.2 Å². The van der Waals surface area contributed by atoms with Gasteiger partial charge in [0.25, 0.3) is 5.91 Å². The topological polar surface area (TPSA) is 103 Å². The lowest BCUT2D eigenvalue weighted by atomic mass is 10.2. The highest BCUT2D eigenvalue weighted by Gasteiger charge is 2.12. The van der Waals surface area contributed by atoms with E-state index in [4.69, 9.17) is 21.8 Å². The van der Waals surface area contributed by atoms with Gasteiger partial charge >= 0.3 is 0 Å². The summed E-state index contributed by atoms with van der Waals surface area (Å²) in [4.78, 5) is 27.0. The number of aromatic nitrogens is 1. The zero-order valence-corrected chi connectivity index (χ0v) is 15.8. The fourth-order valence-electron chi connectivity index (χ4n) is 1.88. The van der Waals surface area contributed by atoms with Crippen molar-refractivity contribution in [1.82, 2.24) is 15.2 Å². The van der Waals surface area contributed by atoms with Crippen LogP contribution in [0.25, 0.3) is 0 Å². The van der Waals surface area contributed by atoms with Crippen molar-refractivity contribution in [3.8, 4) is 0 Å². The van der Waals surface area contributed by atoms with Crippen LogP contribution in [0.4, 0.5) is 0 Å². The van der Waals surface area contributed by atoms with Crippen LogP contribution in [0, 0.1) is 0 Å². The maximum Gasteiger partial charge on any atom is 0.251 e. The van der Waals surface area contributed by atoms with Crippen molar-refractivity contribution >= 4 is 23.9 Å². The van der Waals surface area contributed by atoms with Crippen LogP contribution >= 0.6 is 11.6 Å². The smallest absolute Gasteiger partial charge is 0.251 e. The number of likely N-dealkylation sites (N-methyl/N-ethyl adjacent to an activating group) is 1. The molecule has 0 bridgehead atoms. The summed E-state index contributed by atoms with van der Waals surface area (Å²) >= 11 is 5.69. The van der Waals surface area contributed by atoms with Crippen LogP contribution in [0.3, 0.4) is 0 Å². The maximum atomic E-state index is 11.1. The number of nitrogens with one attached hydrogen (secondary N) is 1. The fourth-order valence-corrected chi connectivity index (χ4v) is 2.01. The molecule has 2 amide bonds. The maximum absolute atomic E-state index is 11.1. The zero-order chi connectivity index (χ0) is 20.1. The van der Waals surface area contributed by atoms with Crippen LogP contribution in [0.1, 0.15) is 11.3 Å². The summed E-state index contributed by atoms with van der Waals surface area (Å²) in [5, 5.41) is 20.6. The van der Waals surface area contributed by atoms with Gasteiger partial charge in [0.05, 0.1) is 6.61 Å². The Morgan fingerprint density at radius 1 is 1.30 bits per heavy atom. The minimum absolute atomic E-state index is 0.299. The summed E-state index contributed by atoms with van der Waals surface area (Å²) in [5.41, 5.74) is 1.89. The molecule has 3 N–H and O–H groups in total. The summed E-state index contributed by atoms with van der Waals surface area (Å²) in [6, 6.07) is 12.8. The molecule has 0 aliphatic heterocycles. The molecule has 2 rings (SSSR count). The summed E-state index contributed by atoms with van der Waals surface area (Å²) in [6.07, 6.45) is 2.03. The molecule has 1 atom stereocenters. The van der Waals surface area contributed by atoms with E-state index in [9.17, 15) is 9.59 Å². The van der Waals surface area contributed by atoms with E-state index in [0.717, 1.165) is 30.6 Å². The second-order valence-electron chi connectivity index (χ2n) is 5.70. The van der Waals surface area contributed by atoms with Crippen LogP contribution in [-0.4, -0.2) is 58.7 Å². The third-order valence-electron chi connectivity index (χ3n) is 3.48. The summed E-state index contributed by atoms with van der Waals surface area (Å²) < 4.78 is 0. The average Bonchev–Trinajstić information content (AvgIpc) is 2.71. The lowest BCUT2D eigenvalue weighted by Gasteiger charge is -2.08. The van der Waals surface area contributed by atoms with Gasteiger partial charge in [0.1, 0.15) is 0 Å². The van der Waals surface area contributed by atoms with Crippen LogP contribution in [-0.2, 0) is 22.6 Å². The Labute approximate surface area is 163 Å². The number of amides is 2. The molecule has 1 heterocycles. The Morgan fingerprint density at radius 2 is 2.00 bits per heavy atom. The standard InChI is InChI=1S/C10H12ClNO3.C9H12N2O/c11-8-3-1-7(2-4-8)5-12-10(15)9(14)6-13;1-11(8-12)7-5-9-4-2-3-6-10-9/h1-4,9,13-14H,5-6H2,(H,12,15);2-4,6,8H,5,7H2,1H3. The first-order valence-corrected chi connectivity index (χ1v) is 8.70. The van der Waals surface area contributed by atoms with Crippen LogP contribution in [0.5, 0.6) is 0 Å². The number of halogens is 1. The third kappa shape index (κ3) is 9.69. The molecule has 7 nitrogen and oxygen atoms in total. The van der Waals surface area contributed by atoms with Gasteiger partial charge in [0.15, 0.2) is 6.10 Å². The first kappa shape index (κ1) is 22.6. The van der Waals surface area contributed by atoms with Crippen LogP contribution in [0.2, 0.25) is 5.02 Å². The zero-order valence-electron chi connectivity index (χ0n) is 15.1. The number of hydrogen-bond acceptors (Lipinski definition) is 5. The number of aliphatic hydroxyl groups is 2. The number of carbonyl (C=O) groups excluding carboxylic acids is 2. The Morgan fingerprint density at radius 3 is 2.56 bits per heavy atom. The van der Waals surface area contributed by atoms with Gasteiger partial charge in [-0.1, -0.05) is 29.8 Å². The predicted molar refractivity (Wildman–Crippen MR) is 103 cm³/mol. The van der Waals surface area contributed by atoms with Crippen LogP contribution < -0.4 is 5.32 Å². The monoisotopic (exact) mass is 393 g/mol. The van der Waals surface area contributed by atoms with Crippen molar-refractivity contribution in [2.24, 2.45) is 0 Å². The molecule has 146 valence electrons. The molecule has 8 heteroatoms. The molecule has 1 aromatic heterocycles. The Kier molecular flexibility index (Phi) is 10.7. The molecule has 0 fully saturated rings. The normalized spacial score (nSPS) is 11.0. The van der Waals surface area contributed by atoms with Crippen molar-refractivity contribution in [3.63, 3.8) is 0 Å². The minimum atomic E-state index is -1.36. The lowest BCUT2D eigenvalue weighted by Crippen LogP contribution is -2.36. The second kappa shape index (κ2) is 12.8.